The third-order valence-corrected chi connectivity index (χ3v) is 3.37. The van der Waals surface area contributed by atoms with Crippen molar-refractivity contribution in [3.05, 3.63) is 53.9 Å². The molecule has 0 amide bonds. The van der Waals surface area contributed by atoms with Crippen molar-refractivity contribution in [1.82, 2.24) is 9.38 Å². The fourth-order valence-corrected chi connectivity index (χ4v) is 2.34. The molecule has 0 aliphatic rings. The van der Waals surface area contributed by atoms with E-state index >= 15 is 0 Å². The van der Waals surface area contributed by atoms with E-state index in [1.165, 1.54) is 31.4 Å². The van der Waals surface area contributed by atoms with Gasteiger partial charge in [-0.05, 0) is 24.3 Å². The maximum atomic E-state index is 11.6. The second-order valence-corrected chi connectivity index (χ2v) is 4.80. The van der Waals surface area contributed by atoms with E-state index in [0.29, 0.717) is 11.4 Å². The van der Waals surface area contributed by atoms with Crippen LogP contribution in [-0.2, 0) is 4.74 Å². The second kappa shape index (κ2) is 5.45. The first kappa shape index (κ1) is 14.6. The molecule has 0 unspecified atom stereocenters. The molecule has 0 atom stereocenters. The molecule has 7 nitrogen and oxygen atoms in total. The van der Waals surface area contributed by atoms with Crippen LogP contribution in [0.3, 0.4) is 0 Å². The molecule has 0 radical (unpaired) electrons. The number of ether oxygens (including phenoxy) is 1. The van der Waals surface area contributed by atoms with Crippen LogP contribution in [0, 0.1) is 0 Å². The number of hydrogen-bond donors (Lipinski definition) is 2. The first-order valence-electron chi connectivity index (χ1n) is 6.64. The number of aromatic hydroxyl groups is 1. The summed E-state index contributed by atoms with van der Waals surface area (Å²) in [5.41, 5.74) is 0.857. The minimum absolute atomic E-state index is 0.0438. The van der Waals surface area contributed by atoms with Crippen molar-refractivity contribution in [2.75, 3.05) is 7.11 Å². The minimum Gasteiger partial charge on any atom is -0.508 e. The Balaban J connectivity index is 2.28. The van der Waals surface area contributed by atoms with Gasteiger partial charge in [0.25, 0.3) is 0 Å². The van der Waals surface area contributed by atoms with E-state index in [4.69, 9.17) is 0 Å². The van der Waals surface area contributed by atoms with Gasteiger partial charge in [-0.15, -0.1) is 0 Å². The Morgan fingerprint density at radius 1 is 1.22 bits per heavy atom. The predicted octanol–water partition coefficient (Wildman–Crippen LogP) is 2.19. The van der Waals surface area contributed by atoms with E-state index in [1.807, 2.05) is 0 Å². The van der Waals surface area contributed by atoms with Crippen LogP contribution in [0.1, 0.15) is 20.8 Å². The molecule has 7 heteroatoms. The summed E-state index contributed by atoms with van der Waals surface area (Å²) in [6.07, 6.45) is 1.54. The van der Waals surface area contributed by atoms with Gasteiger partial charge in [-0.25, -0.2) is 14.6 Å². The van der Waals surface area contributed by atoms with Gasteiger partial charge in [-0.2, -0.15) is 0 Å². The SMILES string of the molecule is COC(=O)c1ccn2c(-c3cccc(O)c3)nc(C(=O)O)c2c1. The van der Waals surface area contributed by atoms with E-state index in [9.17, 15) is 19.8 Å². The molecule has 2 heterocycles. The highest BCUT2D eigenvalue weighted by molar-refractivity contribution is 5.98. The molecule has 3 rings (SSSR count). The van der Waals surface area contributed by atoms with Gasteiger partial charge in [0.2, 0.25) is 0 Å². The highest BCUT2D eigenvalue weighted by Gasteiger charge is 2.19. The predicted molar refractivity (Wildman–Crippen MR) is 80.6 cm³/mol. The molecule has 0 spiro atoms. The number of carbonyl (C=O) groups excluding carboxylic acids is 1. The smallest absolute Gasteiger partial charge is 0.356 e. The number of carboxylic acid groups (broad SMARTS) is 1. The number of aromatic nitrogens is 2. The number of aromatic carboxylic acids is 1. The Morgan fingerprint density at radius 3 is 2.65 bits per heavy atom. The lowest BCUT2D eigenvalue weighted by atomic mass is 10.2. The largest absolute Gasteiger partial charge is 0.508 e. The van der Waals surface area contributed by atoms with Crippen molar-refractivity contribution >= 4 is 17.5 Å². The molecule has 1 aromatic carbocycles. The Kier molecular flexibility index (Phi) is 3.46. The first-order chi connectivity index (χ1) is 11.0. The van der Waals surface area contributed by atoms with E-state index in [-0.39, 0.29) is 22.5 Å². The van der Waals surface area contributed by atoms with Gasteiger partial charge in [-0.1, -0.05) is 12.1 Å². The Bertz CT molecular complexity index is 929. The average molecular weight is 312 g/mol. The number of pyridine rings is 1. The number of rotatable bonds is 3. The van der Waals surface area contributed by atoms with Crippen LogP contribution in [0.2, 0.25) is 0 Å². The summed E-state index contributed by atoms with van der Waals surface area (Å²) < 4.78 is 6.19. The molecular formula is C16H12N2O5. The number of carbonyl (C=O) groups is 2. The number of fused-ring (bicyclic) bond motifs is 1. The molecule has 116 valence electrons. The van der Waals surface area contributed by atoms with Crippen LogP contribution in [0.25, 0.3) is 16.9 Å². The van der Waals surface area contributed by atoms with Crippen molar-refractivity contribution in [3.63, 3.8) is 0 Å². The number of phenolic OH excluding ortho intramolecular Hbond substituents is 1. The number of nitrogens with zero attached hydrogens (tertiary/aromatic N) is 2. The molecule has 3 aromatic rings. The maximum absolute atomic E-state index is 11.6. The van der Waals surface area contributed by atoms with Crippen LogP contribution in [-0.4, -0.2) is 38.6 Å². The summed E-state index contributed by atoms with van der Waals surface area (Å²) >= 11 is 0. The van der Waals surface area contributed by atoms with Gasteiger partial charge in [-0.3, -0.25) is 4.40 Å². The number of phenols is 1. The number of carboxylic acids is 1. The van der Waals surface area contributed by atoms with Crippen molar-refractivity contribution in [2.24, 2.45) is 0 Å². The number of methoxy groups -OCH3 is 1. The molecule has 0 aliphatic heterocycles. The van der Waals surface area contributed by atoms with E-state index in [2.05, 4.69) is 9.72 Å². The van der Waals surface area contributed by atoms with Crippen LogP contribution in [0.4, 0.5) is 0 Å². The lowest BCUT2D eigenvalue weighted by Gasteiger charge is -2.04. The third kappa shape index (κ3) is 2.48. The molecule has 2 N–H and O–H groups in total. The summed E-state index contributed by atoms with van der Waals surface area (Å²) in [5, 5.41) is 18.9. The molecule has 0 saturated carbocycles. The first-order valence-corrected chi connectivity index (χ1v) is 6.64. The maximum Gasteiger partial charge on any atom is 0.356 e. The Morgan fingerprint density at radius 2 is 2.00 bits per heavy atom. The van der Waals surface area contributed by atoms with Gasteiger partial charge in [0.15, 0.2) is 5.69 Å². The molecule has 0 saturated heterocycles. The quantitative estimate of drug-likeness (QED) is 0.719. The Labute approximate surface area is 130 Å². The highest BCUT2D eigenvalue weighted by atomic mass is 16.5. The fraction of sp³-hybridized carbons (Fsp3) is 0.0625. The summed E-state index contributed by atoms with van der Waals surface area (Å²) in [7, 11) is 1.25. The number of benzene rings is 1. The zero-order valence-electron chi connectivity index (χ0n) is 12.1. The molecule has 0 fully saturated rings. The Hall–Kier alpha value is -3.35. The van der Waals surface area contributed by atoms with Crippen LogP contribution in [0.15, 0.2) is 42.6 Å². The van der Waals surface area contributed by atoms with Crippen molar-refractivity contribution in [1.29, 1.82) is 0 Å². The number of esters is 1. The monoisotopic (exact) mass is 312 g/mol. The summed E-state index contributed by atoms with van der Waals surface area (Å²) in [6, 6.07) is 9.25. The van der Waals surface area contributed by atoms with E-state index in [0.717, 1.165) is 0 Å². The molecule has 0 bridgehead atoms. The topological polar surface area (TPSA) is 101 Å². The van der Waals surface area contributed by atoms with Gasteiger partial charge in [0.05, 0.1) is 18.2 Å². The zero-order valence-corrected chi connectivity index (χ0v) is 12.1. The standard InChI is InChI=1S/C16H12N2O5/c1-23-16(22)10-5-6-18-12(8-10)13(15(20)21)17-14(18)9-3-2-4-11(19)7-9/h2-8,19H,1H3,(H,20,21). The fourth-order valence-electron chi connectivity index (χ4n) is 2.34. The second-order valence-electron chi connectivity index (χ2n) is 4.80. The van der Waals surface area contributed by atoms with Gasteiger partial charge in [0.1, 0.15) is 11.6 Å². The van der Waals surface area contributed by atoms with Crippen molar-refractivity contribution in [2.45, 2.75) is 0 Å². The average Bonchev–Trinajstić information content (AvgIpc) is 2.93. The third-order valence-electron chi connectivity index (χ3n) is 3.37. The molecule has 0 aliphatic carbocycles. The lowest BCUT2D eigenvalue weighted by Crippen LogP contribution is -2.03. The highest BCUT2D eigenvalue weighted by Crippen LogP contribution is 2.26. The number of imidazole rings is 1. The van der Waals surface area contributed by atoms with Gasteiger partial charge >= 0.3 is 11.9 Å². The summed E-state index contributed by atoms with van der Waals surface area (Å²) in [6.45, 7) is 0. The summed E-state index contributed by atoms with van der Waals surface area (Å²) in [5.74, 6) is -1.38. The van der Waals surface area contributed by atoms with Crippen LogP contribution in [0.5, 0.6) is 5.75 Å². The molecular weight excluding hydrogens is 300 g/mol. The van der Waals surface area contributed by atoms with Gasteiger partial charge < -0.3 is 14.9 Å². The van der Waals surface area contributed by atoms with Crippen molar-refractivity contribution in [3.8, 4) is 17.1 Å². The summed E-state index contributed by atoms with van der Waals surface area (Å²) in [4.78, 5) is 27.2. The molecule has 23 heavy (non-hydrogen) atoms. The zero-order chi connectivity index (χ0) is 16.6. The lowest BCUT2D eigenvalue weighted by molar-refractivity contribution is 0.0599. The van der Waals surface area contributed by atoms with E-state index in [1.54, 1.807) is 22.7 Å². The van der Waals surface area contributed by atoms with Crippen LogP contribution < -0.4 is 0 Å². The van der Waals surface area contributed by atoms with Gasteiger partial charge in [0, 0.05) is 11.8 Å². The molecule has 2 aromatic heterocycles. The normalized spacial score (nSPS) is 10.7. The minimum atomic E-state index is -1.21. The van der Waals surface area contributed by atoms with Crippen LogP contribution >= 0.6 is 0 Å². The van der Waals surface area contributed by atoms with E-state index < -0.39 is 11.9 Å². The van der Waals surface area contributed by atoms with Crippen molar-refractivity contribution < 1.29 is 24.5 Å². The number of hydrogen-bond acceptors (Lipinski definition) is 5.